The summed E-state index contributed by atoms with van der Waals surface area (Å²) in [5, 5.41) is 0. The van der Waals surface area contributed by atoms with Crippen LogP contribution in [0.5, 0.6) is 0 Å². The molecule has 1 saturated heterocycles. The lowest BCUT2D eigenvalue weighted by Crippen LogP contribution is -2.51. The summed E-state index contributed by atoms with van der Waals surface area (Å²) in [6.45, 7) is 6.52. The van der Waals surface area contributed by atoms with E-state index >= 15 is 0 Å². The van der Waals surface area contributed by atoms with Crippen molar-refractivity contribution in [2.24, 2.45) is 0 Å². The minimum absolute atomic E-state index is 0.0701. The van der Waals surface area contributed by atoms with Gasteiger partial charge in [0.25, 0.3) is 0 Å². The summed E-state index contributed by atoms with van der Waals surface area (Å²) in [6, 6.07) is 16.4. The summed E-state index contributed by atoms with van der Waals surface area (Å²) in [5.74, 6) is -0.421. The highest BCUT2D eigenvalue weighted by Gasteiger charge is 2.39. The number of nitrogens with zero attached hydrogens (tertiary/aromatic N) is 1. The molecule has 0 radical (unpaired) electrons. The molecule has 3 rings (SSSR count). The topological polar surface area (TPSA) is 29.5 Å². The largest absolute Gasteiger partial charge is 0.367 e. The van der Waals surface area contributed by atoms with Gasteiger partial charge in [0, 0.05) is 12.1 Å². The second-order valence-electron chi connectivity index (χ2n) is 7.16. The molecular weight excluding hydrogens is 317 g/mol. The standard InChI is InChI=1S/C21H24FNO2/c1-15-13-23(14-19(25-15)16-9-5-4-6-10-16)20(24)21(2,3)17-11-7-8-12-18(17)22/h4-12,15,19H,13-14H2,1-3H3. The van der Waals surface area contributed by atoms with E-state index in [1.54, 1.807) is 36.9 Å². The zero-order valence-corrected chi connectivity index (χ0v) is 14.9. The SMILES string of the molecule is CC1CN(C(=O)C(C)(C)c2ccccc2F)CC(c2ccccc2)O1. The average molecular weight is 341 g/mol. The molecule has 1 heterocycles. The zero-order chi connectivity index (χ0) is 18.0. The fourth-order valence-corrected chi connectivity index (χ4v) is 3.45. The fraction of sp³-hybridized carbons (Fsp3) is 0.381. The number of morpholine rings is 1. The van der Waals surface area contributed by atoms with Crippen LogP contribution >= 0.6 is 0 Å². The number of ether oxygens (including phenoxy) is 1. The maximum absolute atomic E-state index is 14.2. The monoisotopic (exact) mass is 341 g/mol. The highest BCUT2D eigenvalue weighted by Crippen LogP contribution is 2.32. The van der Waals surface area contributed by atoms with Crippen molar-refractivity contribution < 1.29 is 13.9 Å². The zero-order valence-electron chi connectivity index (χ0n) is 14.9. The van der Waals surface area contributed by atoms with Gasteiger partial charge in [0.15, 0.2) is 0 Å². The van der Waals surface area contributed by atoms with E-state index < -0.39 is 5.41 Å². The van der Waals surface area contributed by atoms with Crippen LogP contribution in [-0.4, -0.2) is 30.0 Å². The Morgan fingerprint density at radius 1 is 1.08 bits per heavy atom. The molecule has 0 spiro atoms. The van der Waals surface area contributed by atoms with Crippen molar-refractivity contribution in [3.05, 3.63) is 71.5 Å². The van der Waals surface area contributed by atoms with E-state index in [-0.39, 0.29) is 23.9 Å². The van der Waals surface area contributed by atoms with Gasteiger partial charge in [0.05, 0.1) is 18.1 Å². The Morgan fingerprint density at radius 2 is 1.72 bits per heavy atom. The third kappa shape index (κ3) is 3.59. The first-order chi connectivity index (χ1) is 11.9. The highest BCUT2D eigenvalue weighted by molar-refractivity contribution is 5.87. The second-order valence-corrected chi connectivity index (χ2v) is 7.16. The molecule has 3 nitrogen and oxygen atoms in total. The number of carbonyl (C=O) groups excluding carboxylic acids is 1. The Morgan fingerprint density at radius 3 is 2.40 bits per heavy atom. The number of amides is 1. The molecule has 0 aromatic heterocycles. The van der Waals surface area contributed by atoms with Crippen molar-refractivity contribution in [2.75, 3.05) is 13.1 Å². The molecule has 2 unspecified atom stereocenters. The van der Waals surface area contributed by atoms with Crippen LogP contribution in [0.2, 0.25) is 0 Å². The van der Waals surface area contributed by atoms with E-state index in [9.17, 15) is 9.18 Å². The molecule has 1 fully saturated rings. The molecular formula is C21H24FNO2. The predicted molar refractivity (Wildman–Crippen MR) is 95.7 cm³/mol. The lowest BCUT2D eigenvalue weighted by molar-refractivity contribution is -0.149. The van der Waals surface area contributed by atoms with E-state index in [1.165, 1.54) is 6.07 Å². The molecule has 1 amide bonds. The molecule has 2 aromatic rings. The summed E-state index contributed by atoms with van der Waals surface area (Å²) in [5.41, 5.74) is 0.551. The number of rotatable bonds is 3. The number of halogens is 1. The molecule has 2 aromatic carbocycles. The molecule has 0 N–H and O–H groups in total. The van der Waals surface area contributed by atoms with E-state index in [1.807, 2.05) is 37.3 Å². The Kier molecular flexibility index (Phi) is 4.91. The van der Waals surface area contributed by atoms with Gasteiger partial charge in [-0.2, -0.15) is 0 Å². The quantitative estimate of drug-likeness (QED) is 0.841. The first kappa shape index (κ1) is 17.6. The summed E-state index contributed by atoms with van der Waals surface area (Å²) in [4.78, 5) is 15.0. The fourth-order valence-electron chi connectivity index (χ4n) is 3.45. The van der Waals surface area contributed by atoms with Crippen LogP contribution in [-0.2, 0) is 14.9 Å². The van der Waals surface area contributed by atoms with Crippen LogP contribution < -0.4 is 0 Å². The molecule has 4 heteroatoms. The molecule has 25 heavy (non-hydrogen) atoms. The van der Waals surface area contributed by atoms with E-state index in [2.05, 4.69) is 0 Å². The van der Waals surface area contributed by atoms with E-state index in [0.29, 0.717) is 18.7 Å². The number of benzene rings is 2. The summed E-state index contributed by atoms with van der Waals surface area (Å²) in [6.07, 6.45) is -0.232. The van der Waals surface area contributed by atoms with Crippen molar-refractivity contribution in [3.63, 3.8) is 0 Å². The van der Waals surface area contributed by atoms with Crippen LogP contribution in [0, 0.1) is 5.82 Å². The Hall–Kier alpha value is -2.20. The third-order valence-corrected chi connectivity index (χ3v) is 4.80. The molecule has 0 aliphatic carbocycles. The smallest absolute Gasteiger partial charge is 0.232 e. The minimum Gasteiger partial charge on any atom is -0.367 e. The molecule has 132 valence electrons. The minimum atomic E-state index is -0.927. The molecule has 0 bridgehead atoms. The molecule has 1 aliphatic heterocycles. The van der Waals surface area contributed by atoms with E-state index in [4.69, 9.17) is 4.74 Å². The first-order valence-electron chi connectivity index (χ1n) is 8.64. The van der Waals surface area contributed by atoms with E-state index in [0.717, 1.165) is 5.56 Å². The van der Waals surface area contributed by atoms with Crippen molar-refractivity contribution >= 4 is 5.91 Å². The van der Waals surface area contributed by atoms with Gasteiger partial charge in [-0.05, 0) is 32.4 Å². The number of hydrogen-bond donors (Lipinski definition) is 0. The normalized spacial score (nSPS) is 21.2. The van der Waals surface area contributed by atoms with Crippen molar-refractivity contribution in [1.82, 2.24) is 4.90 Å². The van der Waals surface area contributed by atoms with Gasteiger partial charge in [-0.25, -0.2) is 4.39 Å². The molecule has 2 atom stereocenters. The van der Waals surface area contributed by atoms with Gasteiger partial charge >= 0.3 is 0 Å². The Balaban J connectivity index is 1.85. The van der Waals surface area contributed by atoms with Crippen molar-refractivity contribution in [1.29, 1.82) is 0 Å². The lowest BCUT2D eigenvalue weighted by atomic mass is 9.82. The van der Waals surface area contributed by atoms with Gasteiger partial charge < -0.3 is 9.64 Å². The van der Waals surface area contributed by atoms with Crippen LogP contribution in [0.1, 0.15) is 38.0 Å². The van der Waals surface area contributed by atoms with Crippen LogP contribution in [0.4, 0.5) is 4.39 Å². The molecule has 1 aliphatic rings. The number of carbonyl (C=O) groups is 1. The second kappa shape index (κ2) is 6.96. The van der Waals surface area contributed by atoms with Crippen molar-refractivity contribution in [3.8, 4) is 0 Å². The van der Waals surface area contributed by atoms with Gasteiger partial charge in [-0.15, -0.1) is 0 Å². The Labute approximate surface area is 148 Å². The van der Waals surface area contributed by atoms with Gasteiger partial charge in [0.2, 0.25) is 5.91 Å². The van der Waals surface area contributed by atoms with Crippen LogP contribution in [0.15, 0.2) is 54.6 Å². The summed E-state index contributed by atoms with van der Waals surface area (Å²) < 4.78 is 20.3. The summed E-state index contributed by atoms with van der Waals surface area (Å²) in [7, 11) is 0. The maximum atomic E-state index is 14.2. The van der Waals surface area contributed by atoms with Gasteiger partial charge in [-0.3, -0.25) is 4.79 Å². The van der Waals surface area contributed by atoms with Crippen LogP contribution in [0.3, 0.4) is 0 Å². The Bertz CT molecular complexity index is 745. The molecule has 0 saturated carbocycles. The highest BCUT2D eigenvalue weighted by atomic mass is 19.1. The number of hydrogen-bond acceptors (Lipinski definition) is 2. The first-order valence-corrected chi connectivity index (χ1v) is 8.64. The van der Waals surface area contributed by atoms with Crippen molar-refractivity contribution in [2.45, 2.75) is 38.4 Å². The van der Waals surface area contributed by atoms with Gasteiger partial charge in [-0.1, -0.05) is 48.5 Å². The summed E-state index contributed by atoms with van der Waals surface area (Å²) >= 11 is 0. The maximum Gasteiger partial charge on any atom is 0.232 e. The lowest BCUT2D eigenvalue weighted by Gasteiger charge is -2.40. The third-order valence-electron chi connectivity index (χ3n) is 4.80. The van der Waals surface area contributed by atoms with Gasteiger partial charge in [0.1, 0.15) is 11.9 Å². The van der Waals surface area contributed by atoms with Crippen LogP contribution in [0.25, 0.3) is 0 Å². The predicted octanol–water partition coefficient (Wildman–Crippen LogP) is 4.09. The average Bonchev–Trinajstić information content (AvgIpc) is 2.61.